The third kappa shape index (κ3) is 11.1. The topological polar surface area (TPSA) is 84.4 Å². The Kier molecular flexibility index (Phi) is 17.5. The first-order chi connectivity index (χ1) is 25.0. The summed E-state index contributed by atoms with van der Waals surface area (Å²) in [7, 11) is -2.87. The zero-order chi connectivity index (χ0) is 38.7. The van der Waals surface area contributed by atoms with Crippen LogP contribution in [0.25, 0.3) is 0 Å². The lowest BCUT2D eigenvalue weighted by Gasteiger charge is -2.29. The summed E-state index contributed by atoms with van der Waals surface area (Å²) in [5, 5.41) is 13.0. The van der Waals surface area contributed by atoms with Crippen LogP contribution in [0.4, 0.5) is 20.3 Å². The van der Waals surface area contributed by atoms with E-state index in [2.05, 4.69) is 48.4 Å². The summed E-state index contributed by atoms with van der Waals surface area (Å²) in [4.78, 5) is 28.8. The van der Waals surface area contributed by atoms with Crippen molar-refractivity contribution in [2.24, 2.45) is 5.92 Å². The highest BCUT2D eigenvalue weighted by Crippen LogP contribution is 2.78. The van der Waals surface area contributed by atoms with Gasteiger partial charge in [-0.3, -0.25) is 4.79 Å². The summed E-state index contributed by atoms with van der Waals surface area (Å²) in [5.74, 6) is -3.74. The monoisotopic (exact) mass is 723 g/mol. The molecule has 0 aliphatic carbocycles. The van der Waals surface area contributed by atoms with Gasteiger partial charge in [0.2, 0.25) is 6.35 Å². The fraction of sp³-hybridized carbons (Fsp3) is 0.143. The Bertz CT molecular complexity index is 1830. The van der Waals surface area contributed by atoms with Crippen molar-refractivity contribution in [2.45, 2.75) is 27.7 Å². The normalized spacial score (nSPS) is 13.8. The van der Waals surface area contributed by atoms with E-state index in [4.69, 9.17) is 4.74 Å². The fourth-order valence-electron chi connectivity index (χ4n) is 4.81. The smallest absolute Gasteiger partial charge is 0.343 e. The van der Waals surface area contributed by atoms with Crippen LogP contribution in [-0.2, 0) is 4.74 Å². The quantitative estimate of drug-likeness (QED) is 0.0882. The van der Waals surface area contributed by atoms with Crippen molar-refractivity contribution in [3.05, 3.63) is 193 Å². The third-order valence-electron chi connectivity index (χ3n) is 7.31. The molecule has 0 saturated carbocycles. The molecule has 0 spiro atoms. The first-order valence-corrected chi connectivity index (χ1v) is 18.3. The number of aromatic nitrogens is 2. The lowest BCUT2D eigenvalue weighted by molar-refractivity contribution is 0.0574. The second kappa shape index (κ2) is 21.4. The van der Waals surface area contributed by atoms with E-state index in [1.165, 1.54) is 12.3 Å². The number of nitrogens with zero attached hydrogens (tertiary/aromatic N) is 3. The zero-order valence-electron chi connectivity index (χ0n) is 30.1. The van der Waals surface area contributed by atoms with E-state index in [-0.39, 0.29) is 23.6 Å². The second-order valence-electron chi connectivity index (χ2n) is 11.1. The number of hydrogen-bond donors (Lipinski definition) is 1. The van der Waals surface area contributed by atoms with E-state index in [0.29, 0.717) is 18.0 Å². The van der Waals surface area contributed by atoms with Crippen LogP contribution in [0.3, 0.4) is 0 Å². The number of benzene rings is 1. The highest BCUT2D eigenvalue weighted by atomic mass is 31.2. The Morgan fingerprint density at radius 3 is 1.92 bits per heavy atom. The maximum atomic E-state index is 14.7. The van der Waals surface area contributed by atoms with Gasteiger partial charge in [0.05, 0.1) is 11.3 Å². The number of esters is 1. The largest absolute Gasteiger partial charge is 0.425 e. The van der Waals surface area contributed by atoms with Crippen LogP contribution in [0.5, 0.6) is 0 Å². The van der Waals surface area contributed by atoms with Crippen LogP contribution in [0.15, 0.2) is 171 Å². The SMILES string of the molecule is C=C/C=C\C(=C/C)[P+](COC(=O)c1cc(F)c(F)cc1NC(=O)c1ccc(N(C=C)/C=C\C(C)C)nn1)(C(/C=C\C=C)=C/C)C(/C=C\C=C)=C/C=C. The average molecular weight is 724 g/mol. The molecule has 1 aromatic heterocycles. The number of rotatable bonds is 19. The summed E-state index contributed by atoms with van der Waals surface area (Å²) < 4.78 is 35.3. The van der Waals surface area contributed by atoms with E-state index < -0.39 is 36.3 Å². The summed E-state index contributed by atoms with van der Waals surface area (Å²) in [5.41, 5.74) is -0.864. The molecular weight excluding hydrogens is 677 g/mol. The number of ether oxygens (including phenoxy) is 1. The number of halogens is 2. The Labute approximate surface area is 306 Å². The number of carbonyl (C=O) groups excluding carboxylic acids is 2. The number of anilines is 2. The fourth-order valence-corrected chi connectivity index (χ4v) is 8.72. The van der Waals surface area contributed by atoms with Crippen molar-refractivity contribution in [3.8, 4) is 0 Å². The molecule has 10 heteroatoms. The van der Waals surface area contributed by atoms with Crippen molar-refractivity contribution < 1.29 is 23.1 Å². The maximum Gasteiger partial charge on any atom is 0.343 e. The van der Waals surface area contributed by atoms with Crippen LogP contribution >= 0.6 is 7.26 Å². The standard InChI is InChI=1S/C42H45F2N4O3P/c1-10-17-21-32(14-5)52(33(15-6)22-18-11-2,34(20-13-4)23-19-12-3)30-51-42(50)35-28-36(43)37(44)29-39(35)45-41(49)38-24-25-40(47-46-38)48(16-7)27-26-31(8)9/h10-29,31H,1-4,7,30H2,5-6,8-9H3/p+1/b21-17-,22-18-,23-19-,27-26-,32-14+,33-15+,34-20+. The van der Waals surface area contributed by atoms with Gasteiger partial charge >= 0.3 is 5.97 Å². The molecule has 1 aromatic carbocycles. The number of allylic oxidation sites excluding steroid dienone is 17. The predicted octanol–water partition coefficient (Wildman–Crippen LogP) is 11.4. The van der Waals surface area contributed by atoms with Gasteiger partial charge in [0, 0.05) is 18.5 Å². The summed E-state index contributed by atoms with van der Waals surface area (Å²) in [6.45, 7) is 26.8. The van der Waals surface area contributed by atoms with E-state index in [1.54, 1.807) is 59.7 Å². The van der Waals surface area contributed by atoms with Gasteiger partial charge in [-0.2, -0.15) is 0 Å². The average Bonchev–Trinajstić information content (AvgIpc) is 3.14. The molecule has 2 aromatic rings. The second-order valence-corrected chi connectivity index (χ2v) is 14.6. The molecule has 0 bridgehead atoms. The van der Waals surface area contributed by atoms with Gasteiger partial charge in [-0.25, -0.2) is 13.6 Å². The van der Waals surface area contributed by atoms with Gasteiger partial charge in [0.25, 0.3) is 5.91 Å². The minimum absolute atomic E-state index is 0.138. The van der Waals surface area contributed by atoms with Gasteiger partial charge in [-0.1, -0.05) is 95.4 Å². The minimum Gasteiger partial charge on any atom is -0.425 e. The molecule has 1 N–H and O–H groups in total. The first kappa shape index (κ1) is 42.4. The molecular formula is C42H46F2N4O3P+. The van der Waals surface area contributed by atoms with Gasteiger partial charge in [0.1, 0.15) is 23.2 Å². The molecule has 0 aliphatic rings. The number of amides is 1. The molecule has 0 aliphatic heterocycles. The summed E-state index contributed by atoms with van der Waals surface area (Å²) >= 11 is 0. The van der Waals surface area contributed by atoms with Crippen molar-refractivity contribution in [1.29, 1.82) is 0 Å². The van der Waals surface area contributed by atoms with E-state index in [1.807, 2.05) is 70.2 Å². The van der Waals surface area contributed by atoms with E-state index in [0.717, 1.165) is 15.9 Å². The Morgan fingerprint density at radius 1 is 0.865 bits per heavy atom. The molecule has 0 atom stereocenters. The number of nitrogens with one attached hydrogen (secondary N) is 1. The molecule has 1 heterocycles. The van der Waals surface area contributed by atoms with Crippen LogP contribution in [0.2, 0.25) is 0 Å². The molecule has 1 amide bonds. The Balaban J connectivity index is 2.67. The molecule has 7 nitrogen and oxygen atoms in total. The van der Waals surface area contributed by atoms with E-state index in [9.17, 15) is 18.4 Å². The number of carbonyl (C=O) groups is 2. The van der Waals surface area contributed by atoms with Gasteiger partial charge in [-0.15, -0.1) is 10.2 Å². The molecule has 0 fully saturated rings. The van der Waals surface area contributed by atoms with Gasteiger partial charge in [-0.05, 0) is 74.4 Å². The summed E-state index contributed by atoms with van der Waals surface area (Å²) in [6, 6.07) is 4.36. The molecule has 0 radical (unpaired) electrons. The third-order valence-corrected chi connectivity index (χ3v) is 11.6. The van der Waals surface area contributed by atoms with Crippen LogP contribution < -0.4 is 10.2 Å². The molecule has 270 valence electrons. The number of hydrogen-bond acceptors (Lipinski definition) is 6. The van der Waals surface area contributed by atoms with Crippen molar-refractivity contribution in [2.75, 3.05) is 16.6 Å². The lowest BCUT2D eigenvalue weighted by atomic mass is 10.1. The lowest BCUT2D eigenvalue weighted by Crippen LogP contribution is -2.20. The van der Waals surface area contributed by atoms with Crippen LogP contribution in [0.1, 0.15) is 48.5 Å². The molecule has 2 rings (SSSR count). The Hall–Kier alpha value is -5.79. The molecule has 0 unspecified atom stereocenters. The van der Waals surface area contributed by atoms with Crippen molar-refractivity contribution in [3.63, 3.8) is 0 Å². The summed E-state index contributed by atoms with van der Waals surface area (Å²) in [6.07, 6.45) is 28.1. The zero-order valence-corrected chi connectivity index (χ0v) is 31.0. The highest BCUT2D eigenvalue weighted by molar-refractivity contribution is 7.87. The Morgan fingerprint density at radius 2 is 1.44 bits per heavy atom. The van der Waals surface area contributed by atoms with Crippen LogP contribution in [-0.4, -0.2) is 28.4 Å². The maximum absolute atomic E-state index is 14.7. The predicted molar refractivity (Wildman–Crippen MR) is 214 cm³/mol. The van der Waals surface area contributed by atoms with Crippen LogP contribution in [0, 0.1) is 17.6 Å². The van der Waals surface area contributed by atoms with Crippen molar-refractivity contribution >= 4 is 30.6 Å². The minimum atomic E-state index is -2.87. The van der Waals surface area contributed by atoms with Gasteiger partial charge in [0.15, 0.2) is 23.1 Å². The molecule has 52 heavy (non-hydrogen) atoms. The van der Waals surface area contributed by atoms with Crippen molar-refractivity contribution in [1.82, 2.24) is 10.2 Å². The van der Waals surface area contributed by atoms with E-state index >= 15 is 0 Å². The molecule has 0 saturated heterocycles. The highest BCUT2D eigenvalue weighted by Gasteiger charge is 2.49. The van der Waals surface area contributed by atoms with Gasteiger partial charge < -0.3 is 15.0 Å². The first-order valence-electron chi connectivity index (χ1n) is 16.3.